The van der Waals surface area contributed by atoms with E-state index in [1.807, 2.05) is 0 Å². The Morgan fingerprint density at radius 3 is 2.65 bits per heavy atom. The number of benzene rings is 1. The zero-order valence-electron chi connectivity index (χ0n) is 11.9. The standard InChI is InChI=1S/C17H22N2O/c20-17(9-13-5-6-13)19-11-16(12-19)18-8-7-14-3-1-2-4-15(14)10-18/h1-4,13,16H,5-12H2. The second-order valence-corrected chi connectivity index (χ2v) is 6.59. The number of fused-ring (bicyclic) bond motifs is 1. The van der Waals surface area contributed by atoms with Gasteiger partial charge in [0.15, 0.2) is 0 Å². The minimum absolute atomic E-state index is 0.390. The minimum Gasteiger partial charge on any atom is -0.339 e. The lowest BCUT2D eigenvalue weighted by Gasteiger charge is -2.47. The van der Waals surface area contributed by atoms with E-state index in [1.165, 1.54) is 24.0 Å². The Labute approximate surface area is 120 Å². The van der Waals surface area contributed by atoms with Crippen molar-refractivity contribution in [2.45, 2.75) is 38.3 Å². The molecule has 2 aliphatic heterocycles. The van der Waals surface area contributed by atoms with Crippen LogP contribution in [-0.4, -0.2) is 41.4 Å². The summed E-state index contributed by atoms with van der Waals surface area (Å²) in [5, 5.41) is 0. The number of hydrogen-bond donors (Lipinski definition) is 0. The van der Waals surface area contributed by atoms with Gasteiger partial charge in [0, 0.05) is 38.6 Å². The molecular formula is C17H22N2O. The first-order valence-corrected chi connectivity index (χ1v) is 7.88. The van der Waals surface area contributed by atoms with Crippen LogP contribution >= 0.6 is 0 Å². The molecule has 2 heterocycles. The molecule has 2 fully saturated rings. The molecule has 3 nitrogen and oxygen atoms in total. The number of nitrogens with zero attached hydrogens (tertiary/aromatic N) is 2. The van der Waals surface area contributed by atoms with Gasteiger partial charge in [-0.15, -0.1) is 0 Å². The van der Waals surface area contributed by atoms with Crippen LogP contribution in [0.2, 0.25) is 0 Å². The normalized spacial score (nSPS) is 23.3. The second kappa shape index (κ2) is 4.88. The molecule has 0 N–H and O–H groups in total. The van der Waals surface area contributed by atoms with Gasteiger partial charge in [0.25, 0.3) is 0 Å². The first-order chi connectivity index (χ1) is 9.79. The summed E-state index contributed by atoms with van der Waals surface area (Å²) < 4.78 is 0. The highest BCUT2D eigenvalue weighted by Crippen LogP contribution is 2.34. The highest BCUT2D eigenvalue weighted by atomic mass is 16.2. The average Bonchev–Trinajstić information content (AvgIpc) is 3.21. The molecule has 1 saturated carbocycles. The van der Waals surface area contributed by atoms with Crippen LogP contribution in [0.4, 0.5) is 0 Å². The minimum atomic E-state index is 0.390. The van der Waals surface area contributed by atoms with E-state index in [9.17, 15) is 4.79 Å². The Morgan fingerprint density at radius 1 is 1.15 bits per heavy atom. The third-order valence-corrected chi connectivity index (χ3v) is 5.05. The summed E-state index contributed by atoms with van der Waals surface area (Å²) >= 11 is 0. The van der Waals surface area contributed by atoms with Gasteiger partial charge in [-0.05, 0) is 36.3 Å². The van der Waals surface area contributed by atoms with Crippen molar-refractivity contribution in [1.29, 1.82) is 0 Å². The fraction of sp³-hybridized carbons (Fsp3) is 0.588. The quantitative estimate of drug-likeness (QED) is 0.839. The summed E-state index contributed by atoms with van der Waals surface area (Å²) in [7, 11) is 0. The summed E-state index contributed by atoms with van der Waals surface area (Å²) in [6, 6.07) is 9.35. The largest absolute Gasteiger partial charge is 0.339 e. The fourth-order valence-electron chi connectivity index (χ4n) is 3.42. The van der Waals surface area contributed by atoms with Crippen molar-refractivity contribution >= 4 is 5.91 Å². The van der Waals surface area contributed by atoms with Crippen LogP contribution in [0, 0.1) is 5.92 Å². The zero-order chi connectivity index (χ0) is 13.5. The third kappa shape index (κ3) is 2.35. The van der Waals surface area contributed by atoms with E-state index in [4.69, 9.17) is 0 Å². The van der Waals surface area contributed by atoms with Gasteiger partial charge in [0.05, 0.1) is 0 Å². The van der Waals surface area contributed by atoms with E-state index in [0.29, 0.717) is 17.9 Å². The molecule has 3 aliphatic rings. The van der Waals surface area contributed by atoms with Gasteiger partial charge in [0.1, 0.15) is 0 Å². The van der Waals surface area contributed by atoms with Crippen LogP contribution in [0.15, 0.2) is 24.3 Å². The number of amides is 1. The zero-order valence-corrected chi connectivity index (χ0v) is 11.9. The molecule has 1 aromatic rings. The first kappa shape index (κ1) is 12.4. The lowest BCUT2D eigenvalue weighted by Crippen LogP contribution is -2.61. The van der Waals surface area contributed by atoms with Crippen LogP contribution in [0.5, 0.6) is 0 Å². The molecule has 3 heteroatoms. The maximum absolute atomic E-state index is 12.0. The molecule has 1 aliphatic carbocycles. The Hall–Kier alpha value is -1.35. The van der Waals surface area contributed by atoms with Gasteiger partial charge in [-0.25, -0.2) is 0 Å². The van der Waals surface area contributed by atoms with Crippen molar-refractivity contribution in [3.63, 3.8) is 0 Å². The maximum atomic E-state index is 12.0. The van der Waals surface area contributed by atoms with E-state index in [1.54, 1.807) is 0 Å². The van der Waals surface area contributed by atoms with Gasteiger partial charge >= 0.3 is 0 Å². The van der Waals surface area contributed by atoms with E-state index in [2.05, 4.69) is 34.1 Å². The van der Waals surface area contributed by atoms with E-state index < -0.39 is 0 Å². The molecule has 106 valence electrons. The van der Waals surface area contributed by atoms with E-state index in [-0.39, 0.29) is 0 Å². The summed E-state index contributed by atoms with van der Waals surface area (Å²) in [4.78, 5) is 16.6. The van der Waals surface area contributed by atoms with Gasteiger partial charge in [-0.2, -0.15) is 0 Å². The van der Waals surface area contributed by atoms with Gasteiger partial charge in [-0.3, -0.25) is 9.69 Å². The molecule has 1 saturated heterocycles. The molecule has 1 amide bonds. The van der Waals surface area contributed by atoms with Crippen molar-refractivity contribution in [3.05, 3.63) is 35.4 Å². The predicted molar refractivity (Wildman–Crippen MR) is 78.3 cm³/mol. The van der Waals surface area contributed by atoms with Gasteiger partial charge < -0.3 is 4.90 Å². The Morgan fingerprint density at radius 2 is 1.90 bits per heavy atom. The topological polar surface area (TPSA) is 23.6 Å². The molecule has 0 aromatic heterocycles. The van der Waals surface area contributed by atoms with Crippen molar-refractivity contribution in [2.75, 3.05) is 19.6 Å². The number of hydrogen-bond acceptors (Lipinski definition) is 2. The molecule has 1 aromatic carbocycles. The molecule has 0 radical (unpaired) electrons. The maximum Gasteiger partial charge on any atom is 0.222 e. The summed E-state index contributed by atoms with van der Waals surface area (Å²) in [5.41, 5.74) is 2.98. The predicted octanol–water partition coefficient (Wildman–Crippen LogP) is 2.06. The SMILES string of the molecule is O=C(CC1CC1)N1CC(N2CCc3ccccc3C2)C1. The van der Waals surface area contributed by atoms with Crippen LogP contribution in [-0.2, 0) is 17.8 Å². The van der Waals surface area contributed by atoms with Crippen LogP contribution in [0.1, 0.15) is 30.4 Å². The van der Waals surface area contributed by atoms with Crippen LogP contribution in [0.3, 0.4) is 0 Å². The van der Waals surface area contributed by atoms with Crippen molar-refractivity contribution in [3.8, 4) is 0 Å². The lowest BCUT2D eigenvalue weighted by atomic mass is 9.96. The number of likely N-dealkylation sites (tertiary alicyclic amines) is 1. The fourth-order valence-corrected chi connectivity index (χ4v) is 3.42. The number of carbonyl (C=O) groups is 1. The first-order valence-electron chi connectivity index (χ1n) is 7.88. The van der Waals surface area contributed by atoms with Crippen molar-refractivity contribution in [1.82, 2.24) is 9.80 Å². The third-order valence-electron chi connectivity index (χ3n) is 5.05. The smallest absolute Gasteiger partial charge is 0.222 e. The highest BCUT2D eigenvalue weighted by Gasteiger charge is 2.37. The van der Waals surface area contributed by atoms with E-state index >= 15 is 0 Å². The lowest BCUT2D eigenvalue weighted by molar-refractivity contribution is -0.139. The molecule has 0 atom stereocenters. The average molecular weight is 270 g/mol. The molecule has 0 spiro atoms. The molecule has 0 bridgehead atoms. The Kier molecular flexibility index (Phi) is 3.03. The Bertz CT molecular complexity index is 517. The number of rotatable bonds is 3. The number of carbonyl (C=O) groups excluding carboxylic acids is 1. The van der Waals surface area contributed by atoms with E-state index in [0.717, 1.165) is 39.0 Å². The molecule has 0 unspecified atom stereocenters. The van der Waals surface area contributed by atoms with Crippen LogP contribution < -0.4 is 0 Å². The van der Waals surface area contributed by atoms with Gasteiger partial charge in [0.2, 0.25) is 5.91 Å². The molecule has 20 heavy (non-hydrogen) atoms. The highest BCUT2D eigenvalue weighted by molar-refractivity contribution is 5.77. The summed E-state index contributed by atoms with van der Waals surface area (Å²) in [6.07, 6.45) is 4.50. The molecule has 4 rings (SSSR count). The van der Waals surface area contributed by atoms with Gasteiger partial charge in [-0.1, -0.05) is 24.3 Å². The van der Waals surface area contributed by atoms with Crippen LogP contribution in [0.25, 0.3) is 0 Å². The van der Waals surface area contributed by atoms with Crippen molar-refractivity contribution < 1.29 is 4.79 Å². The summed E-state index contributed by atoms with van der Waals surface area (Å²) in [6.45, 7) is 4.11. The summed E-state index contributed by atoms with van der Waals surface area (Å²) in [5.74, 6) is 1.10. The molecular weight excluding hydrogens is 248 g/mol. The van der Waals surface area contributed by atoms with Crippen molar-refractivity contribution in [2.24, 2.45) is 5.92 Å². The monoisotopic (exact) mass is 270 g/mol. The second-order valence-electron chi connectivity index (χ2n) is 6.59. The Balaban J connectivity index is 1.32.